The second-order valence-corrected chi connectivity index (χ2v) is 7.38. The molecular formula is C20H29F3N6S. The van der Waals surface area contributed by atoms with Crippen LogP contribution in [0.2, 0.25) is 0 Å². The number of hydrogen-bond donors (Lipinski definition) is 2. The van der Waals surface area contributed by atoms with Gasteiger partial charge in [0.05, 0.1) is 22.2 Å². The van der Waals surface area contributed by atoms with Gasteiger partial charge < -0.3 is 10.6 Å². The lowest BCUT2D eigenvalue weighted by Crippen LogP contribution is -2.22. The summed E-state index contributed by atoms with van der Waals surface area (Å²) in [5.74, 6) is 0.333. The first-order valence-corrected chi connectivity index (χ1v) is 10.6. The van der Waals surface area contributed by atoms with Gasteiger partial charge in [-0.3, -0.25) is 4.98 Å². The predicted molar refractivity (Wildman–Crippen MR) is 119 cm³/mol. The number of pyridine rings is 1. The third-order valence-corrected chi connectivity index (χ3v) is 4.23. The second kappa shape index (κ2) is 12.3. The monoisotopic (exact) mass is 442 g/mol. The van der Waals surface area contributed by atoms with Gasteiger partial charge >= 0.3 is 6.18 Å². The minimum absolute atomic E-state index is 0.0827. The largest absolute Gasteiger partial charge is 0.405 e. The van der Waals surface area contributed by atoms with Crippen LogP contribution in [0.4, 0.5) is 24.9 Å². The molecule has 0 aromatic carbocycles. The van der Waals surface area contributed by atoms with Gasteiger partial charge in [-0.1, -0.05) is 40.5 Å². The molecule has 30 heavy (non-hydrogen) atoms. The summed E-state index contributed by atoms with van der Waals surface area (Å²) in [6.45, 7) is 9.02. The van der Waals surface area contributed by atoms with E-state index in [1.165, 1.54) is 24.2 Å². The minimum Gasteiger partial charge on any atom is -0.372 e. The topological polar surface area (TPSA) is 75.6 Å². The van der Waals surface area contributed by atoms with Crippen molar-refractivity contribution < 1.29 is 13.2 Å². The van der Waals surface area contributed by atoms with Gasteiger partial charge in [0.1, 0.15) is 22.9 Å². The standard InChI is InChI=1S/C14H13F3N6S.2C3H8/c1-7-10(12-22-8-5-19-4-3-9(8)24-12)11(18-2)23-13(21-7)20-6-14(15,16)17;2*1-3-2/h3-5H,6H2,1-2H3,(H2,18,20,21,23);2*3H2,1-2H3. The molecule has 0 aliphatic carbocycles. The van der Waals surface area contributed by atoms with E-state index in [-0.39, 0.29) is 5.95 Å². The molecule has 0 saturated heterocycles. The van der Waals surface area contributed by atoms with E-state index < -0.39 is 12.7 Å². The zero-order chi connectivity index (χ0) is 22.7. The Hall–Kier alpha value is -2.49. The smallest absolute Gasteiger partial charge is 0.372 e. The predicted octanol–water partition coefficient (Wildman–Crippen LogP) is 6.31. The maximum atomic E-state index is 12.3. The fourth-order valence-corrected chi connectivity index (χ4v) is 3.19. The van der Waals surface area contributed by atoms with E-state index in [0.29, 0.717) is 22.1 Å². The molecule has 0 aliphatic rings. The van der Waals surface area contributed by atoms with Crippen molar-refractivity contribution in [3.8, 4) is 10.6 Å². The highest BCUT2D eigenvalue weighted by molar-refractivity contribution is 7.21. The van der Waals surface area contributed by atoms with Gasteiger partial charge in [-0.15, -0.1) is 11.3 Å². The Kier molecular flexibility index (Phi) is 10.4. The van der Waals surface area contributed by atoms with Gasteiger partial charge in [0.15, 0.2) is 0 Å². The summed E-state index contributed by atoms with van der Waals surface area (Å²) in [6.07, 6.45) is 1.50. The van der Waals surface area contributed by atoms with E-state index in [1.807, 2.05) is 6.07 Å². The molecule has 0 unspecified atom stereocenters. The first kappa shape index (κ1) is 25.5. The van der Waals surface area contributed by atoms with Crippen LogP contribution in [-0.2, 0) is 0 Å². The molecule has 0 spiro atoms. The minimum atomic E-state index is -4.34. The fraction of sp³-hybridized carbons (Fsp3) is 0.500. The van der Waals surface area contributed by atoms with Crippen LogP contribution in [0, 0.1) is 6.92 Å². The average Bonchev–Trinajstić information content (AvgIpc) is 3.10. The number of rotatable bonds is 4. The molecule has 166 valence electrons. The Labute approximate surface area is 179 Å². The maximum absolute atomic E-state index is 12.3. The second-order valence-electron chi connectivity index (χ2n) is 6.35. The van der Waals surface area contributed by atoms with E-state index >= 15 is 0 Å². The maximum Gasteiger partial charge on any atom is 0.405 e. The van der Waals surface area contributed by atoms with Crippen molar-refractivity contribution in [2.24, 2.45) is 0 Å². The summed E-state index contributed by atoms with van der Waals surface area (Å²) in [5.41, 5.74) is 1.94. The van der Waals surface area contributed by atoms with Crippen LogP contribution in [0.15, 0.2) is 18.5 Å². The molecule has 0 radical (unpaired) electrons. The zero-order valence-corrected chi connectivity index (χ0v) is 19.0. The molecule has 0 saturated carbocycles. The van der Waals surface area contributed by atoms with E-state index in [1.54, 1.807) is 26.4 Å². The van der Waals surface area contributed by atoms with Crippen LogP contribution in [0.1, 0.15) is 46.2 Å². The highest BCUT2D eigenvalue weighted by Gasteiger charge is 2.27. The molecule has 0 aliphatic heterocycles. The summed E-state index contributed by atoms with van der Waals surface area (Å²) < 4.78 is 38.0. The SMILES string of the molecule is CCC.CCC.CNc1nc(NCC(F)(F)F)nc(C)c1-c1nc2cnccc2s1. The Balaban J connectivity index is 0.000000672. The normalized spacial score (nSPS) is 10.6. The van der Waals surface area contributed by atoms with Crippen LogP contribution >= 0.6 is 11.3 Å². The third kappa shape index (κ3) is 7.74. The molecule has 6 nitrogen and oxygen atoms in total. The van der Waals surface area contributed by atoms with E-state index in [9.17, 15) is 13.2 Å². The highest BCUT2D eigenvalue weighted by atomic mass is 32.1. The molecule has 3 heterocycles. The van der Waals surface area contributed by atoms with Crippen LogP contribution < -0.4 is 10.6 Å². The van der Waals surface area contributed by atoms with Gasteiger partial charge in [-0.2, -0.15) is 18.2 Å². The van der Waals surface area contributed by atoms with Crippen molar-refractivity contribution in [2.45, 2.75) is 53.6 Å². The van der Waals surface area contributed by atoms with Crippen LogP contribution in [-0.4, -0.2) is 39.7 Å². The number of nitrogens with one attached hydrogen (secondary N) is 2. The average molecular weight is 443 g/mol. The summed E-state index contributed by atoms with van der Waals surface area (Å²) in [4.78, 5) is 16.8. The number of fused-ring (bicyclic) bond motifs is 1. The van der Waals surface area contributed by atoms with Crippen molar-refractivity contribution in [1.29, 1.82) is 0 Å². The van der Waals surface area contributed by atoms with Crippen LogP contribution in [0.5, 0.6) is 0 Å². The first-order chi connectivity index (χ1) is 14.2. The number of anilines is 2. The Morgan fingerprint density at radius 3 is 2.20 bits per heavy atom. The van der Waals surface area contributed by atoms with Gasteiger partial charge in [0, 0.05) is 13.2 Å². The molecule has 3 aromatic heterocycles. The van der Waals surface area contributed by atoms with Crippen molar-refractivity contribution in [3.63, 3.8) is 0 Å². The molecule has 0 amide bonds. The molecule has 0 bridgehead atoms. The van der Waals surface area contributed by atoms with Gasteiger partial charge in [-0.25, -0.2) is 9.97 Å². The number of thiazole rings is 1. The van der Waals surface area contributed by atoms with E-state index in [4.69, 9.17) is 0 Å². The van der Waals surface area contributed by atoms with Crippen LogP contribution in [0.25, 0.3) is 20.8 Å². The molecule has 0 atom stereocenters. The number of nitrogens with zero attached hydrogens (tertiary/aromatic N) is 4. The van der Waals surface area contributed by atoms with Crippen molar-refractivity contribution in [2.75, 3.05) is 24.2 Å². The number of alkyl halides is 3. The van der Waals surface area contributed by atoms with Crippen molar-refractivity contribution in [3.05, 3.63) is 24.2 Å². The third-order valence-electron chi connectivity index (χ3n) is 3.18. The molecule has 2 N–H and O–H groups in total. The lowest BCUT2D eigenvalue weighted by molar-refractivity contribution is -0.115. The molecule has 0 fully saturated rings. The summed E-state index contributed by atoms with van der Waals surface area (Å²) in [5, 5.41) is 5.77. The molecule has 10 heteroatoms. The first-order valence-electron chi connectivity index (χ1n) is 9.78. The number of hydrogen-bond acceptors (Lipinski definition) is 7. The fourth-order valence-electron chi connectivity index (χ4n) is 2.16. The van der Waals surface area contributed by atoms with Crippen molar-refractivity contribution >= 4 is 33.3 Å². The Bertz CT molecular complexity index is 876. The zero-order valence-electron chi connectivity index (χ0n) is 18.2. The van der Waals surface area contributed by atoms with Crippen LogP contribution in [0.3, 0.4) is 0 Å². The quantitative estimate of drug-likeness (QED) is 0.493. The summed E-state index contributed by atoms with van der Waals surface area (Å²) >= 11 is 1.45. The lowest BCUT2D eigenvalue weighted by Gasteiger charge is -2.13. The van der Waals surface area contributed by atoms with Gasteiger partial charge in [0.25, 0.3) is 0 Å². The lowest BCUT2D eigenvalue weighted by atomic mass is 10.2. The number of aryl methyl sites for hydroxylation is 1. The summed E-state index contributed by atoms with van der Waals surface area (Å²) in [7, 11) is 1.65. The summed E-state index contributed by atoms with van der Waals surface area (Å²) in [6, 6.07) is 1.85. The van der Waals surface area contributed by atoms with E-state index in [0.717, 1.165) is 10.2 Å². The number of halogens is 3. The van der Waals surface area contributed by atoms with Gasteiger partial charge in [0.2, 0.25) is 5.95 Å². The Morgan fingerprint density at radius 1 is 1.03 bits per heavy atom. The highest BCUT2D eigenvalue weighted by Crippen LogP contribution is 2.35. The van der Waals surface area contributed by atoms with Crippen molar-refractivity contribution in [1.82, 2.24) is 19.9 Å². The molecule has 3 aromatic rings. The molecule has 3 rings (SSSR count). The van der Waals surface area contributed by atoms with Gasteiger partial charge in [-0.05, 0) is 13.0 Å². The van der Waals surface area contributed by atoms with E-state index in [2.05, 4.69) is 58.3 Å². The molecular weight excluding hydrogens is 413 g/mol. The number of aromatic nitrogens is 4. The Morgan fingerprint density at radius 2 is 1.67 bits per heavy atom.